The first-order chi connectivity index (χ1) is 10.1. The Balaban J connectivity index is 2.07. The van der Waals surface area contributed by atoms with Gasteiger partial charge in [0.05, 0.1) is 20.1 Å². The molecule has 1 aliphatic rings. The number of hydrogen-bond donors (Lipinski definition) is 2. The van der Waals surface area contributed by atoms with Crippen molar-refractivity contribution in [3.8, 4) is 11.5 Å². The number of carbonyl (C=O) groups is 1. The number of halogens is 1. The maximum absolute atomic E-state index is 11.3. The molecule has 21 heavy (non-hydrogen) atoms. The Morgan fingerprint density at radius 3 is 2.81 bits per heavy atom. The van der Waals surface area contributed by atoms with Crippen LogP contribution < -0.4 is 20.1 Å². The summed E-state index contributed by atoms with van der Waals surface area (Å²) in [4.78, 5) is 11.3. The average Bonchev–Trinajstić information content (AvgIpc) is 3.30. The number of benzene rings is 1. The Morgan fingerprint density at radius 2 is 2.19 bits per heavy atom. The highest BCUT2D eigenvalue weighted by Gasteiger charge is 2.21. The quantitative estimate of drug-likeness (QED) is 0.772. The average molecular weight is 313 g/mol. The van der Waals surface area contributed by atoms with Crippen molar-refractivity contribution in [2.45, 2.75) is 31.8 Å². The minimum Gasteiger partial charge on any atom is -0.493 e. The second-order valence-electron chi connectivity index (χ2n) is 5.02. The molecule has 0 unspecified atom stereocenters. The highest BCUT2D eigenvalue weighted by molar-refractivity contribution is 6.30. The van der Waals surface area contributed by atoms with Crippen LogP contribution in [0.25, 0.3) is 0 Å². The molecule has 1 saturated carbocycles. The van der Waals surface area contributed by atoms with Crippen LogP contribution in [0.2, 0.25) is 5.02 Å². The molecule has 0 heterocycles. The van der Waals surface area contributed by atoms with E-state index in [9.17, 15) is 4.79 Å². The smallest absolute Gasteiger partial charge is 0.223 e. The van der Waals surface area contributed by atoms with E-state index in [0.717, 1.165) is 5.56 Å². The zero-order chi connectivity index (χ0) is 15.2. The van der Waals surface area contributed by atoms with E-state index in [-0.39, 0.29) is 5.91 Å². The van der Waals surface area contributed by atoms with E-state index in [0.29, 0.717) is 42.1 Å². The molecular formula is C15H21ClN2O3. The van der Waals surface area contributed by atoms with E-state index in [2.05, 4.69) is 10.6 Å². The predicted octanol–water partition coefficient (Wildman–Crippen LogP) is 2.12. The van der Waals surface area contributed by atoms with E-state index in [1.54, 1.807) is 20.2 Å². The van der Waals surface area contributed by atoms with Crippen molar-refractivity contribution in [3.63, 3.8) is 0 Å². The summed E-state index contributed by atoms with van der Waals surface area (Å²) in [5.41, 5.74) is 0.947. The number of amides is 1. The third-order valence-electron chi connectivity index (χ3n) is 3.33. The summed E-state index contributed by atoms with van der Waals surface area (Å²) in [6.45, 7) is 0.977. The molecule has 1 aliphatic carbocycles. The van der Waals surface area contributed by atoms with Crippen molar-refractivity contribution in [1.82, 2.24) is 10.6 Å². The Kier molecular flexibility index (Phi) is 5.70. The van der Waals surface area contributed by atoms with E-state index >= 15 is 0 Å². The van der Waals surface area contributed by atoms with Crippen molar-refractivity contribution < 1.29 is 14.3 Å². The summed E-state index contributed by atoms with van der Waals surface area (Å²) < 4.78 is 11.1. The standard InChI is InChI=1S/C15H21ClN2O3/c1-17-14(19)5-6-21-15-10(9-18-12-3-4-12)7-11(16)8-13(15)20-2/h7-8,12,18H,3-6,9H2,1-2H3,(H,17,19). The van der Waals surface area contributed by atoms with Crippen molar-refractivity contribution in [2.24, 2.45) is 0 Å². The van der Waals surface area contributed by atoms with Gasteiger partial charge in [0, 0.05) is 36.3 Å². The maximum atomic E-state index is 11.3. The first-order valence-electron chi connectivity index (χ1n) is 7.07. The Bertz CT molecular complexity index is 504. The van der Waals surface area contributed by atoms with Gasteiger partial charge in [-0.3, -0.25) is 4.79 Å². The zero-order valence-electron chi connectivity index (χ0n) is 12.4. The normalized spacial score (nSPS) is 13.9. The fourth-order valence-corrected chi connectivity index (χ4v) is 2.21. The number of hydrogen-bond acceptors (Lipinski definition) is 4. The number of ether oxygens (including phenoxy) is 2. The van der Waals surface area contributed by atoms with Crippen LogP contribution in [-0.4, -0.2) is 32.7 Å². The lowest BCUT2D eigenvalue weighted by Crippen LogP contribution is -2.21. The number of methoxy groups -OCH3 is 1. The van der Waals surface area contributed by atoms with Gasteiger partial charge in [-0.05, 0) is 18.9 Å². The van der Waals surface area contributed by atoms with Crippen LogP contribution in [0, 0.1) is 0 Å². The van der Waals surface area contributed by atoms with Gasteiger partial charge in [-0.1, -0.05) is 11.6 Å². The molecular weight excluding hydrogens is 292 g/mol. The molecule has 0 aromatic heterocycles. The van der Waals surface area contributed by atoms with Crippen LogP contribution in [0.1, 0.15) is 24.8 Å². The third-order valence-corrected chi connectivity index (χ3v) is 3.55. The van der Waals surface area contributed by atoms with Gasteiger partial charge in [-0.2, -0.15) is 0 Å². The molecule has 2 rings (SSSR count). The first kappa shape index (κ1) is 15.9. The largest absolute Gasteiger partial charge is 0.493 e. The van der Waals surface area contributed by atoms with Gasteiger partial charge < -0.3 is 20.1 Å². The van der Waals surface area contributed by atoms with Crippen LogP contribution in [0.4, 0.5) is 0 Å². The van der Waals surface area contributed by atoms with Gasteiger partial charge in [0.2, 0.25) is 5.91 Å². The number of nitrogens with one attached hydrogen (secondary N) is 2. The van der Waals surface area contributed by atoms with Crippen LogP contribution in [-0.2, 0) is 11.3 Å². The lowest BCUT2D eigenvalue weighted by atomic mass is 10.1. The summed E-state index contributed by atoms with van der Waals surface area (Å²) >= 11 is 6.11. The Hall–Kier alpha value is -1.46. The highest BCUT2D eigenvalue weighted by atomic mass is 35.5. The number of rotatable bonds is 8. The second kappa shape index (κ2) is 7.52. The third kappa shape index (κ3) is 4.79. The summed E-state index contributed by atoms with van der Waals surface area (Å²) in [5.74, 6) is 1.19. The highest BCUT2D eigenvalue weighted by Crippen LogP contribution is 2.35. The topological polar surface area (TPSA) is 59.6 Å². The molecule has 1 amide bonds. The molecule has 1 fully saturated rings. The monoisotopic (exact) mass is 312 g/mol. The summed E-state index contributed by atoms with van der Waals surface area (Å²) in [7, 11) is 3.19. The molecule has 1 aromatic rings. The van der Waals surface area contributed by atoms with Crippen LogP contribution in [0.15, 0.2) is 12.1 Å². The molecule has 2 N–H and O–H groups in total. The lowest BCUT2D eigenvalue weighted by Gasteiger charge is -2.16. The van der Waals surface area contributed by atoms with E-state index in [1.165, 1.54) is 12.8 Å². The van der Waals surface area contributed by atoms with Crippen LogP contribution in [0.5, 0.6) is 11.5 Å². The van der Waals surface area contributed by atoms with Crippen molar-refractivity contribution in [3.05, 3.63) is 22.7 Å². The van der Waals surface area contributed by atoms with E-state index in [4.69, 9.17) is 21.1 Å². The van der Waals surface area contributed by atoms with Crippen molar-refractivity contribution >= 4 is 17.5 Å². The maximum Gasteiger partial charge on any atom is 0.223 e. The van der Waals surface area contributed by atoms with Crippen molar-refractivity contribution in [2.75, 3.05) is 20.8 Å². The van der Waals surface area contributed by atoms with E-state index in [1.807, 2.05) is 6.07 Å². The van der Waals surface area contributed by atoms with Crippen LogP contribution >= 0.6 is 11.6 Å². The van der Waals surface area contributed by atoms with Gasteiger partial charge >= 0.3 is 0 Å². The van der Waals surface area contributed by atoms with Gasteiger partial charge in [0.15, 0.2) is 11.5 Å². The van der Waals surface area contributed by atoms with Crippen LogP contribution in [0.3, 0.4) is 0 Å². The predicted molar refractivity (Wildman–Crippen MR) is 82.0 cm³/mol. The van der Waals surface area contributed by atoms with Gasteiger partial charge in [-0.15, -0.1) is 0 Å². The van der Waals surface area contributed by atoms with Gasteiger partial charge in [0.1, 0.15) is 0 Å². The summed E-state index contributed by atoms with van der Waals surface area (Å²) in [5, 5.41) is 6.61. The molecule has 116 valence electrons. The molecule has 0 bridgehead atoms. The molecule has 1 aromatic carbocycles. The number of carbonyl (C=O) groups excluding carboxylic acids is 1. The van der Waals surface area contributed by atoms with Gasteiger partial charge in [-0.25, -0.2) is 0 Å². The molecule has 0 spiro atoms. The van der Waals surface area contributed by atoms with E-state index < -0.39 is 0 Å². The molecule has 0 aliphatic heterocycles. The zero-order valence-corrected chi connectivity index (χ0v) is 13.1. The lowest BCUT2D eigenvalue weighted by molar-refractivity contribution is -0.121. The fourth-order valence-electron chi connectivity index (χ4n) is 1.98. The second-order valence-corrected chi connectivity index (χ2v) is 5.46. The first-order valence-corrected chi connectivity index (χ1v) is 7.45. The summed E-state index contributed by atoms with van der Waals surface area (Å²) in [6, 6.07) is 4.18. The minimum absolute atomic E-state index is 0.0550. The molecule has 0 radical (unpaired) electrons. The minimum atomic E-state index is -0.0550. The molecule has 0 saturated heterocycles. The SMILES string of the molecule is CNC(=O)CCOc1c(CNC2CC2)cc(Cl)cc1OC. The molecule has 0 atom stereocenters. The van der Waals surface area contributed by atoms with Gasteiger partial charge in [0.25, 0.3) is 0 Å². The van der Waals surface area contributed by atoms with Crippen molar-refractivity contribution in [1.29, 1.82) is 0 Å². The Morgan fingerprint density at radius 1 is 1.43 bits per heavy atom. The molecule has 5 nitrogen and oxygen atoms in total. The fraction of sp³-hybridized carbons (Fsp3) is 0.533. The summed E-state index contributed by atoms with van der Waals surface area (Å²) in [6.07, 6.45) is 2.73. The Labute approximate surface area is 130 Å². The molecule has 6 heteroatoms.